The van der Waals surface area contributed by atoms with Crippen LogP contribution in [-0.2, 0) is 89.7 Å². The van der Waals surface area contributed by atoms with Gasteiger partial charge in [-0.15, -0.1) is 0 Å². The van der Waals surface area contributed by atoms with E-state index in [0.717, 1.165) is 105 Å². The fourth-order valence-electron chi connectivity index (χ4n) is 12.8. The molecular formula is C118H96O32. The van der Waals surface area contributed by atoms with Crippen LogP contribution in [0.25, 0.3) is 44.5 Å². The van der Waals surface area contributed by atoms with Gasteiger partial charge in [0.15, 0.2) is 46.0 Å². The molecule has 0 saturated heterocycles. The van der Waals surface area contributed by atoms with Crippen molar-refractivity contribution in [3.63, 3.8) is 0 Å². The van der Waals surface area contributed by atoms with E-state index in [1.807, 2.05) is 36.4 Å². The molecule has 0 fully saturated rings. The Morgan fingerprint density at radius 2 is 0.400 bits per heavy atom. The fourth-order valence-corrected chi connectivity index (χ4v) is 12.8. The van der Waals surface area contributed by atoms with Crippen molar-refractivity contribution in [2.75, 3.05) is 0 Å². The minimum atomic E-state index is -0.941. The minimum absolute atomic E-state index is 0.0125. The SMILES string of the molecule is C=CC(=O)Oc1ccc(-c2ccc(C(OO)c3ccc(OC(=O)C=C)c(OC(=O)C=C)c3)cc2)cc1.C=CC(=O)Oc1ccc(-c2ccc(OC(=O)CCc3ccc(OC(=O)C=C)c(OC(=O)C=C)c3)cc2)cc1.C=CC(=O)Oc1ccc(C(OO)c2ccc(-c3ccc(OC(=O)C(=C)C)cc3)cc2)cc1OC(=O)C=C.C=CC(=O)Oc1ccc(CCC(=O)Oc2ccc(-c3ccc(OC(=O)C(=C)C)cc3)cc2)cc1OC(=O)C=C. The fraction of sp³-hybridized carbons (Fsp3) is 0.0678. The second kappa shape index (κ2) is 57.3. The zero-order chi connectivity index (χ0) is 109. The van der Waals surface area contributed by atoms with Gasteiger partial charge in [-0.1, -0.05) is 225 Å². The average Bonchev–Trinajstić information content (AvgIpc) is 0.797. The summed E-state index contributed by atoms with van der Waals surface area (Å²) < 4.78 is 72.5. The van der Waals surface area contributed by atoms with Crippen LogP contribution in [0.4, 0.5) is 0 Å². The highest BCUT2D eigenvalue weighted by Crippen LogP contribution is 2.40. The van der Waals surface area contributed by atoms with Crippen LogP contribution >= 0.6 is 0 Å². The Bertz CT molecular complexity index is 7110. The molecule has 0 aromatic heterocycles. The van der Waals surface area contributed by atoms with E-state index in [-0.39, 0.29) is 71.7 Å². The summed E-state index contributed by atoms with van der Waals surface area (Å²) in [4.78, 5) is 173. The maximum atomic E-state index is 12.4. The smallest absolute Gasteiger partial charge is 0.338 e. The largest absolute Gasteiger partial charge is 0.427 e. The van der Waals surface area contributed by atoms with Crippen LogP contribution in [0.1, 0.15) is 72.3 Å². The molecule has 12 aromatic carbocycles. The standard InChI is InChI=1S/C31H26O8.C30H24O8.C29H24O8.C28H22O8/c1-5-28(32)38-26-17-7-21(19-27(26)39-29(33)6-2)8-18-30(34)36-24-13-9-22(10-14-24)23-11-15-25(16-12-23)37-31(35)20(3)4;1-4-27(31)35-23-13-9-21(10-14-23)22-11-15-24(16-12-22)36-30(34)18-8-20-7-17-25(37-28(32)5-2)26(19-20)38-29(33)6-3;1-5-26(30)35-24-16-13-22(17-25(24)36-27(31)6-2)28(37-33)21-9-7-19(8-10-21)20-11-14-23(15-12-20)34-29(32)18(3)4;1-4-25(29)33-22-14-11-19(12-15-22)18-7-9-20(10-8-18)28(36-32)21-13-16-23(34-26(30)5-2)24(17-21)35-27(31)6-3/h5-7,9-17,19H,1-3,8,18H2,4H3;4-7,9-17,19H,1-3,8,18H2;5-17,28,33H,1-3H2,4H3;4-17,28,32H,1-3H2. The van der Waals surface area contributed by atoms with E-state index in [9.17, 15) is 77.6 Å². The topological polar surface area (TPSA) is 427 Å². The van der Waals surface area contributed by atoms with E-state index >= 15 is 0 Å². The van der Waals surface area contributed by atoms with Crippen LogP contribution in [0, 0.1) is 0 Å². The lowest BCUT2D eigenvalue weighted by Crippen LogP contribution is -2.10. The number of hydrogen-bond donors (Lipinski definition) is 2. The van der Waals surface area contributed by atoms with E-state index in [4.69, 9.17) is 76.1 Å². The summed E-state index contributed by atoms with van der Waals surface area (Å²) in [5, 5.41) is 19.3. The van der Waals surface area contributed by atoms with Gasteiger partial charge >= 0.3 is 83.6 Å². The van der Waals surface area contributed by atoms with E-state index < -0.39 is 95.8 Å². The number of esters is 14. The highest BCUT2D eigenvalue weighted by molar-refractivity contribution is 5.93. The number of carbonyl (C=O) groups excluding carboxylic acids is 14. The second-order valence-electron chi connectivity index (χ2n) is 30.9. The van der Waals surface area contributed by atoms with Crippen LogP contribution in [-0.4, -0.2) is 94.1 Å². The normalized spacial score (nSPS) is 10.5. The van der Waals surface area contributed by atoms with Gasteiger partial charge in [0, 0.05) is 84.7 Å². The molecule has 0 radical (unpaired) electrons. The molecule has 2 unspecified atom stereocenters. The summed E-state index contributed by atoms with van der Waals surface area (Å²) >= 11 is 0. The Morgan fingerprint density at radius 1 is 0.220 bits per heavy atom. The molecule has 12 rings (SSSR count). The van der Waals surface area contributed by atoms with E-state index in [2.05, 4.69) is 78.9 Å². The highest BCUT2D eigenvalue weighted by Gasteiger charge is 2.25. The molecule has 32 heteroatoms. The molecule has 0 amide bonds. The molecule has 32 nitrogen and oxygen atoms in total. The third-order valence-corrected chi connectivity index (χ3v) is 20.3. The van der Waals surface area contributed by atoms with Gasteiger partial charge in [-0.2, -0.15) is 0 Å². The molecule has 2 N–H and O–H groups in total. The van der Waals surface area contributed by atoms with Crippen molar-refractivity contribution < 1.29 is 154 Å². The third kappa shape index (κ3) is 35.2. The Hall–Kier alpha value is -20.1. The van der Waals surface area contributed by atoms with Gasteiger partial charge < -0.3 is 66.3 Å². The lowest BCUT2D eigenvalue weighted by atomic mass is 9.98. The molecule has 0 spiro atoms. The maximum Gasteiger partial charge on any atom is 0.338 e. The monoisotopic (exact) mass is 2020 g/mol. The molecular weight excluding hydrogens is 1930 g/mol. The first-order chi connectivity index (χ1) is 72.1. The number of benzene rings is 12. The molecule has 760 valence electrons. The van der Waals surface area contributed by atoms with Crippen molar-refractivity contribution in [3.05, 3.63) is 451 Å². The summed E-state index contributed by atoms with van der Waals surface area (Å²) in [6.45, 7) is 43.7. The quantitative estimate of drug-likeness (QED) is 0.0118. The Kier molecular flexibility index (Phi) is 43.4. The second-order valence-corrected chi connectivity index (χ2v) is 30.9. The summed E-state index contributed by atoms with van der Waals surface area (Å²) in [6, 6.07) is 74.0. The van der Waals surface area contributed by atoms with Crippen molar-refractivity contribution in [1.82, 2.24) is 0 Å². The van der Waals surface area contributed by atoms with Crippen LogP contribution in [0.5, 0.6) is 80.5 Å². The summed E-state index contributed by atoms with van der Waals surface area (Å²) in [5.74, 6) is -6.60. The molecule has 0 saturated carbocycles. The Morgan fingerprint density at radius 3 is 0.613 bits per heavy atom. The molecule has 2 atom stereocenters. The van der Waals surface area contributed by atoms with Gasteiger partial charge in [0.1, 0.15) is 46.7 Å². The molecule has 0 aliphatic rings. The number of hydrogen-bond acceptors (Lipinski definition) is 32. The van der Waals surface area contributed by atoms with Crippen molar-refractivity contribution in [3.8, 4) is 125 Å². The van der Waals surface area contributed by atoms with E-state index in [0.29, 0.717) is 79.0 Å². The average molecular weight is 2030 g/mol. The van der Waals surface area contributed by atoms with Gasteiger partial charge in [-0.05, 0) is 226 Å². The predicted octanol–water partition coefficient (Wildman–Crippen LogP) is 21.5. The van der Waals surface area contributed by atoms with Crippen LogP contribution < -0.4 is 66.3 Å². The van der Waals surface area contributed by atoms with E-state index in [1.165, 1.54) is 48.5 Å². The van der Waals surface area contributed by atoms with Crippen molar-refractivity contribution >= 4 is 83.6 Å². The van der Waals surface area contributed by atoms with Crippen LogP contribution in [0.15, 0.2) is 418 Å². The molecule has 0 heterocycles. The summed E-state index contributed by atoms with van der Waals surface area (Å²) in [7, 11) is 0. The van der Waals surface area contributed by atoms with Gasteiger partial charge in [0.05, 0.1) is 0 Å². The Balaban J connectivity index is 0.000000222. The first-order valence-corrected chi connectivity index (χ1v) is 44.7. The van der Waals surface area contributed by atoms with Gasteiger partial charge in [0.2, 0.25) is 0 Å². The molecule has 0 bridgehead atoms. The zero-order valence-corrected chi connectivity index (χ0v) is 80.8. The molecule has 0 aliphatic heterocycles. The van der Waals surface area contributed by atoms with E-state index in [1.54, 1.807) is 196 Å². The first kappa shape index (κ1) is 114. The van der Waals surface area contributed by atoms with Gasteiger partial charge in [-0.3, -0.25) is 20.1 Å². The minimum Gasteiger partial charge on any atom is -0.427 e. The van der Waals surface area contributed by atoms with Crippen molar-refractivity contribution in [2.24, 2.45) is 0 Å². The van der Waals surface area contributed by atoms with Crippen LogP contribution in [0.3, 0.4) is 0 Å². The number of rotatable bonds is 42. The summed E-state index contributed by atoms with van der Waals surface area (Å²) in [5.41, 5.74) is 11.0. The van der Waals surface area contributed by atoms with Gasteiger partial charge in [-0.25, -0.2) is 67.3 Å². The lowest BCUT2D eigenvalue weighted by molar-refractivity contribution is -0.270. The maximum absolute atomic E-state index is 12.4. The predicted molar refractivity (Wildman–Crippen MR) is 552 cm³/mol. The highest BCUT2D eigenvalue weighted by atomic mass is 17.1. The summed E-state index contributed by atoms with van der Waals surface area (Å²) in [6.07, 6.45) is 8.73. The van der Waals surface area contributed by atoms with Gasteiger partial charge in [0.25, 0.3) is 0 Å². The number of ether oxygens (including phenoxy) is 14. The van der Waals surface area contributed by atoms with Crippen molar-refractivity contribution in [1.29, 1.82) is 0 Å². The first-order valence-electron chi connectivity index (χ1n) is 44.7. The molecule has 150 heavy (non-hydrogen) atoms. The molecule has 12 aromatic rings. The zero-order valence-electron chi connectivity index (χ0n) is 80.8. The lowest BCUT2D eigenvalue weighted by Gasteiger charge is -2.17. The van der Waals surface area contributed by atoms with Crippen LogP contribution in [0.2, 0.25) is 0 Å². The van der Waals surface area contributed by atoms with Crippen molar-refractivity contribution in [2.45, 2.75) is 51.7 Å². The molecule has 0 aliphatic carbocycles. The number of aryl methyl sites for hydroxylation is 2. The third-order valence-electron chi connectivity index (χ3n) is 20.3. The number of carbonyl (C=O) groups is 14. The Labute approximate surface area is 860 Å².